The molecule has 106 valence electrons. The normalized spacial score (nSPS) is 17.6. The Morgan fingerprint density at radius 1 is 0.950 bits per heavy atom. The van der Waals surface area contributed by atoms with Crippen molar-refractivity contribution in [3.63, 3.8) is 0 Å². The highest BCUT2D eigenvalue weighted by Gasteiger charge is 2.19. The standard InChI is InChI=1S/C16H21N3O/c17-14-10-8-13(9-11-14)16-18-15(19-20-16)12-6-4-2-1-3-5-7-12/h8-12H,1-7,17H2. The van der Waals surface area contributed by atoms with Gasteiger partial charge in [-0.1, -0.05) is 37.3 Å². The smallest absolute Gasteiger partial charge is 0.257 e. The average Bonchev–Trinajstić information content (AvgIpc) is 2.89. The van der Waals surface area contributed by atoms with Gasteiger partial charge in [-0.2, -0.15) is 4.98 Å². The summed E-state index contributed by atoms with van der Waals surface area (Å²) in [4.78, 5) is 4.59. The second-order valence-corrected chi connectivity index (χ2v) is 5.62. The lowest BCUT2D eigenvalue weighted by Crippen LogP contribution is -2.04. The molecule has 0 spiro atoms. The fourth-order valence-corrected chi connectivity index (χ4v) is 2.86. The minimum Gasteiger partial charge on any atom is -0.399 e. The van der Waals surface area contributed by atoms with E-state index in [0.717, 1.165) is 17.1 Å². The van der Waals surface area contributed by atoms with Crippen LogP contribution in [-0.4, -0.2) is 10.1 Å². The van der Waals surface area contributed by atoms with Crippen molar-refractivity contribution in [2.45, 2.75) is 50.9 Å². The van der Waals surface area contributed by atoms with Crippen LogP contribution in [0, 0.1) is 0 Å². The second-order valence-electron chi connectivity index (χ2n) is 5.62. The van der Waals surface area contributed by atoms with Crippen LogP contribution in [-0.2, 0) is 0 Å². The number of nitrogens with two attached hydrogens (primary N) is 1. The minimum absolute atomic E-state index is 0.460. The zero-order valence-electron chi connectivity index (χ0n) is 11.7. The quantitative estimate of drug-likeness (QED) is 0.833. The molecule has 20 heavy (non-hydrogen) atoms. The highest BCUT2D eigenvalue weighted by Crippen LogP contribution is 2.30. The Balaban J connectivity index is 1.76. The van der Waals surface area contributed by atoms with Crippen molar-refractivity contribution in [2.24, 2.45) is 0 Å². The maximum absolute atomic E-state index is 5.69. The Labute approximate surface area is 119 Å². The largest absolute Gasteiger partial charge is 0.399 e. The number of aromatic nitrogens is 2. The van der Waals surface area contributed by atoms with Crippen molar-refractivity contribution >= 4 is 5.69 Å². The fraction of sp³-hybridized carbons (Fsp3) is 0.500. The maximum atomic E-state index is 5.69. The monoisotopic (exact) mass is 271 g/mol. The number of rotatable bonds is 2. The minimum atomic E-state index is 0.460. The van der Waals surface area contributed by atoms with E-state index < -0.39 is 0 Å². The van der Waals surface area contributed by atoms with Gasteiger partial charge in [0.1, 0.15) is 0 Å². The van der Waals surface area contributed by atoms with Gasteiger partial charge in [-0.3, -0.25) is 0 Å². The molecule has 0 saturated heterocycles. The van der Waals surface area contributed by atoms with E-state index in [4.69, 9.17) is 10.3 Å². The van der Waals surface area contributed by atoms with Gasteiger partial charge in [-0.05, 0) is 37.1 Å². The van der Waals surface area contributed by atoms with Crippen LogP contribution in [0.2, 0.25) is 0 Å². The Morgan fingerprint density at radius 2 is 1.60 bits per heavy atom. The molecule has 4 heteroatoms. The van der Waals surface area contributed by atoms with E-state index in [9.17, 15) is 0 Å². The topological polar surface area (TPSA) is 64.9 Å². The number of nitrogen functional groups attached to an aromatic ring is 1. The fourth-order valence-electron chi connectivity index (χ4n) is 2.86. The zero-order valence-corrected chi connectivity index (χ0v) is 11.7. The Hall–Kier alpha value is -1.84. The molecule has 1 aromatic carbocycles. The maximum Gasteiger partial charge on any atom is 0.257 e. The molecular formula is C16H21N3O. The van der Waals surface area contributed by atoms with E-state index in [2.05, 4.69) is 10.1 Å². The molecule has 1 heterocycles. The molecule has 2 aromatic rings. The number of anilines is 1. The van der Waals surface area contributed by atoms with Crippen LogP contribution in [0.1, 0.15) is 56.7 Å². The molecule has 1 aliphatic rings. The van der Waals surface area contributed by atoms with Crippen molar-refractivity contribution in [1.29, 1.82) is 0 Å². The van der Waals surface area contributed by atoms with E-state index in [1.807, 2.05) is 24.3 Å². The molecule has 1 saturated carbocycles. The Kier molecular flexibility index (Phi) is 4.00. The lowest BCUT2D eigenvalue weighted by molar-refractivity contribution is 0.393. The first-order chi connectivity index (χ1) is 9.83. The summed E-state index contributed by atoms with van der Waals surface area (Å²) in [6, 6.07) is 7.56. The molecule has 0 unspecified atom stereocenters. The number of hydrogen-bond acceptors (Lipinski definition) is 4. The van der Waals surface area contributed by atoms with Gasteiger partial charge < -0.3 is 10.3 Å². The van der Waals surface area contributed by atoms with Crippen molar-refractivity contribution in [2.75, 3.05) is 5.73 Å². The predicted molar refractivity (Wildman–Crippen MR) is 79.2 cm³/mol. The first kappa shape index (κ1) is 13.2. The van der Waals surface area contributed by atoms with Crippen molar-refractivity contribution in [1.82, 2.24) is 10.1 Å². The van der Waals surface area contributed by atoms with E-state index >= 15 is 0 Å². The number of nitrogens with zero attached hydrogens (tertiary/aromatic N) is 2. The second kappa shape index (κ2) is 6.07. The summed E-state index contributed by atoms with van der Waals surface area (Å²) in [6.07, 6.45) is 8.95. The lowest BCUT2D eigenvalue weighted by atomic mass is 9.91. The summed E-state index contributed by atoms with van der Waals surface area (Å²) in [5.74, 6) is 1.93. The van der Waals surface area contributed by atoms with Gasteiger partial charge in [0.15, 0.2) is 5.82 Å². The molecule has 0 amide bonds. The first-order valence-electron chi connectivity index (χ1n) is 7.52. The third-order valence-corrected chi connectivity index (χ3v) is 4.07. The van der Waals surface area contributed by atoms with Crippen LogP contribution >= 0.6 is 0 Å². The molecule has 1 aromatic heterocycles. The van der Waals surface area contributed by atoms with Crippen molar-refractivity contribution in [3.05, 3.63) is 30.1 Å². The third-order valence-electron chi connectivity index (χ3n) is 4.07. The molecule has 0 atom stereocenters. The Morgan fingerprint density at radius 3 is 2.30 bits per heavy atom. The molecule has 0 aliphatic heterocycles. The highest BCUT2D eigenvalue weighted by molar-refractivity contribution is 5.56. The van der Waals surface area contributed by atoms with Crippen LogP contribution < -0.4 is 5.73 Å². The van der Waals surface area contributed by atoms with Crippen LogP contribution in [0.25, 0.3) is 11.5 Å². The van der Waals surface area contributed by atoms with Crippen molar-refractivity contribution < 1.29 is 4.52 Å². The van der Waals surface area contributed by atoms with Crippen LogP contribution in [0.5, 0.6) is 0 Å². The number of hydrogen-bond donors (Lipinski definition) is 1. The zero-order chi connectivity index (χ0) is 13.8. The molecule has 0 bridgehead atoms. The van der Waals surface area contributed by atoms with Gasteiger partial charge in [-0.25, -0.2) is 0 Å². The lowest BCUT2D eigenvalue weighted by Gasteiger charge is -2.15. The van der Waals surface area contributed by atoms with E-state index in [-0.39, 0.29) is 0 Å². The van der Waals surface area contributed by atoms with Gasteiger partial charge in [0.25, 0.3) is 5.89 Å². The van der Waals surface area contributed by atoms with E-state index in [0.29, 0.717) is 11.8 Å². The highest BCUT2D eigenvalue weighted by atomic mass is 16.5. The van der Waals surface area contributed by atoms with Gasteiger partial charge in [0.05, 0.1) is 0 Å². The summed E-state index contributed by atoms with van der Waals surface area (Å²) in [5.41, 5.74) is 7.37. The molecule has 1 fully saturated rings. The van der Waals surface area contributed by atoms with Crippen LogP contribution in [0.4, 0.5) is 5.69 Å². The molecule has 4 nitrogen and oxygen atoms in total. The van der Waals surface area contributed by atoms with E-state index in [1.54, 1.807) is 0 Å². The molecule has 0 radical (unpaired) electrons. The SMILES string of the molecule is Nc1ccc(-c2nc(C3CCCCCCC3)no2)cc1. The summed E-state index contributed by atoms with van der Waals surface area (Å²) < 4.78 is 5.41. The first-order valence-corrected chi connectivity index (χ1v) is 7.52. The van der Waals surface area contributed by atoms with E-state index in [1.165, 1.54) is 44.9 Å². The van der Waals surface area contributed by atoms with Gasteiger partial charge in [0, 0.05) is 17.2 Å². The molecule has 3 rings (SSSR count). The molecule has 2 N–H and O–H groups in total. The predicted octanol–water partition coefficient (Wildman–Crippen LogP) is 4.15. The van der Waals surface area contributed by atoms with Gasteiger partial charge in [0.2, 0.25) is 0 Å². The van der Waals surface area contributed by atoms with Crippen LogP contribution in [0.15, 0.2) is 28.8 Å². The summed E-state index contributed by atoms with van der Waals surface area (Å²) in [5, 5.41) is 4.19. The van der Waals surface area contributed by atoms with Crippen molar-refractivity contribution in [3.8, 4) is 11.5 Å². The van der Waals surface area contributed by atoms with Gasteiger partial charge >= 0.3 is 0 Å². The summed E-state index contributed by atoms with van der Waals surface area (Å²) >= 11 is 0. The third kappa shape index (κ3) is 3.00. The van der Waals surface area contributed by atoms with Gasteiger partial charge in [-0.15, -0.1) is 0 Å². The van der Waals surface area contributed by atoms with Crippen LogP contribution in [0.3, 0.4) is 0 Å². The Bertz CT molecular complexity index is 539. The summed E-state index contributed by atoms with van der Waals surface area (Å²) in [6.45, 7) is 0. The average molecular weight is 271 g/mol. The molecule has 1 aliphatic carbocycles. The summed E-state index contributed by atoms with van der Waals surface area (Å²) in [7, 11) is 0. The molecular weight excluding hydrogens is 250 g/mol. The number of benzene rings is 1.